The Labute approximate surface area is 84.0 Å². The van der Waals surface area contributed by atoms with Gasteiger partial charge >= 0.3 is 0 Å². The first kappa shape index (κ1) is 11.7. The summed E-state index contributed by atoms with van der Waals surface area (Å²) in [6, 6.07) is 9.65. The van der Waals surface area contributed by atoms with Gasteiger partial charge in [-0.2, -0.15) is 4.99 Å². The number of nitrogens with zero attached hydrogens (tertiary/aromatic N) is 2. The average Bonchev–Trinajstić information content (AvgIpc) is 2.05. The largest absolute Gasteiger partial charge is 0.378 e. The van der Waals surface area contributed by atoms with Gasteiger partial charge in [0, 0.05) is 19.8 Å². The lowest BCUT2D eigenvalue weighted by Gasteiger charge is -2.11. The molecule has 0 heterocycles. The van der Waals surface area contributed by atoms with E-state index in [1.807, 2.05) is 49.3 Å². The van der Waals surface area contributed by atoms with Crippen molar-refractivity contribution in [3.05, 3.63) is 24.3 Å². The maximum absolute atomic E-state index is 6.69. The van der Waals surface area contributed by atoms with Gasteiger partial charge in [-0.05, 0) is 18.2 Å². The van der Waals surface area contributed by atoms with Crippen molar-refractivity contribution in [3.63, 3.8) is 0 Å². The van der Waals surface area contributed by atoms with Gasteiger partial charge in [0.1, 0.15) is 0 Å². The third-order valence-corrected chi connectivity index (χ3v) is 1.53. The fourth-order valence-corrected chi connectivity index (χ4v) is 0.905. The molecule has 3 nitrogen and oxygen atoms in total. The van der Waals surface area contributed by atoms with Crippen LogP contribution >= 0.6 is 12.4 Å². The second kappa shape index (κ2) is 5.36. The molecule has 1 N–H and O–H groups in total. The number of rotatable bonds is 2. The third-order valence-electron chi connectivity index (χ3n) is 1.53. The van der Waals surface area contributed by atoms with Crippen molar-refractivity contribution < 1.29 is 0 Å². The summed E-state index contributed by atoms with van der Waals surface area (Å²) < 4.78 is 0. The summed E-state index contributed by atoms with van der Waals surface area (Å²) in [5, 5.41) is 6.69. The number of nitrogens with one attached hydrogen (secondary N) is 1. The summed E-state index contributed by atoms with van der Waals surface area (Å²) in [5.74, 6) is 0. The van der Waals surface area contributed by atoms with Crippen LogP contribution in [0.15, 0.2) is 29.3 Å². The summed E-state index contributed by atoms with van der Waals surface area (Å²) in [7, 11) is 3.93. The molecule has 1 aromatic rings. The normalized spacial score (nSPS) is 8.15. The summed E-state index contributed by atoms with van der Waals surface area (Å²) >= 11 is 0. The van der Waals surface area contributed by atoms with Gasteiger partial charge in [-0.3, -0.25) is 0 Å². The SMILES string of the molecule is CN(C)c1cccc(N=C=N)c1.Cl. The molecule has 1 rings (SSSR count). The highest BCUT2D eigenvalue weighted by Crippen LogP contribution is 2.18. The Kier molecular flexibility index (Phi) is 4.82. The lowest BCUT2D eigenvalue weighted by atomic mass is 10.3. The van der Waals surface area contributed by atoms with Crippen molar-refractivity contribution in [2.24, 2.45) is 4.99 Å². The van der Waals surface area contributed by atoms with E-state index in [0.29, 0.717) is 0 Å². The van der Waals surface area contributed by atoms with E-state index in [1.165, 1.54) is 0 Å². The molecule has 13 heavy (non-hydrogen) atoms. The first-order valence-corrected chi connectivity index (χ1v) is 3.64. The topological polar surface area (TPSA) is 39.5 Å². The van der Waals surface area contributed by atoms with E-state index < -0.39 is 0 Å². The van der Waals surface area contributed by atoms with Crippen molar-refractivity contribution in [2.75, 3.05) is 19.0 Å². The number of halogens is 1. The molecule has 0 atom stereocenters. The monoisotopic (exact) mass is 197 g/mol. The fraction of sp³-hybridized carbons (Fsp3) is 0.222. The zero-order valence-electron chi connectivity index (χ0n) is 7.61. The minimum absolute atomic E-state index is 0. The van der Waals surface area contributed by atoms with Crippen LogP contribution in [0.4, 0.5) is 11.4 Å². The predicted octanol–water partition coefficient (Wildman–Crippen LogP) is 2.56. The van der Waals surface area contributed by atoms with Crippen LogP contribution in [0.5, 0.6) is 0 Å². The van der Waals surface area contributed by atoms with Crippen LogP contribution in [-0.4, -0.2) is 20.1 Å². The zero-order chi connectivity index (χ0) is 8.97. The van der Waals surface area contributed by atoms with Crippen molar-refractivity contribution in [3.8, 4) is 0 Å². The van der Waals surface area contributed by atoms with Gasteiger partial charge in [0.05, 0.1) is 11.7 Å². The van der Waals surface area contributed by atoms with Gasteiger partial charge in [0.25, 0.3) is 0 Å². The molecular weight excluding hydrogens is 186 g/mol. The van der Waals surface area contributed by atoms with Gasteiger partial charge in [0.2, 0.25) is 0 Å². The van der Waals surface area contributed by atoms with E-state index in [-0.39, 0.29) is 12.4 Å². The van der Waals surface area contributed by atoms with Gasteiger partial charge in [-0.25, -0.2) is 5.41 Å². The van der Waals surface area contributed by atoms with Crippen LogP contribution in [0.2, 0.25) is 0 Å². The lowest BCUT2D eigenvalue weighted by molar-refractivity contribution is 1.13. The average molecular weight is 198 g/mol. The summed E-state index contributed by atoms with van der Waals surface area (Å²) in [6.07, 6.45) is 0. The van der Waals surface area contributed by atoms with Crippen LogP contribution in [0, 0.1) is 5.41 Å². The van der Waals surface area contributed by atoms with Gasteiger partial charge in [0.15, 0.2) is 0 Å². The quantitative estimate of drug-likeness (QED) is 0.728. The highest BCUT2D eigenvalue weighted by atomic mass is 35.5. The highest BCUT2D eigenvalue weighted by molar-refractivity contribution is 5.85. The molecule has 0 bridgehead atoms. The van der Waals surface area contributed by atoms with Crippen molar-refractivity contribution in [1.29, 1.82) is 5.41 Å². The highest BCUT2D eigenvalue weighted by Gasteiger charge is 1.94. The van der Waals surface area contributed by atoms with Crippen molar-refractivity contribution in [2.45, 2.75) is 0 Å². The molecule has 1 aromatic carbocycles. The number of anilines is 1. The minimum atomic E-state index is 0. The Morgan fingerprint density at radius 2 is 2.08 bits per heavy atom. The minimum Gasteiger partial charge on any atom is -0.378 e. The summed E-state index contributed by atoms with van der Waals surface area (Å²) in [5.41, 5.74) is 1.84. The second-order valence-corrected chi connectivity index (χ2v) is 2.64. The number of aliphatic imine (C=N–C) groups is 1. The van der Waals surface area contributed by atoms with Crippen LogP contribution < -0.4 is 4.90 Å². The molecule has 0 saturated carbocycles. The predicted molar refractivity (Wildman–Crippen MR) is 57.8 cm³/mol. The molecule has 4 heteroatoms. The Morgan fingerprint density at radius 3 is 2.62 bits per heavy atom. The van der Waals surface area contributed by atoms with Crippen LogP contribution in [0.1, 0.15) is 0 Å². The Balaban J connectivity index is 0.00000144. The number of hydrogen-bond donors (Lipinski definition) is 1. The van der Waals surface area contributed by atoms with E-state index in [0.717, 1.165) is 11.4 Å². The molecule has 0 aliphatic rings. The molecule has 0 unspecified atom stereocenters. The Hall–Kier alpha value is -1.31. The van der Waals surface area contributed by atoms with E-state index in [1.54, 1.807) is 0 Å². The van der Waals surface area contributed by atoms with Gasteiger partial charge < -0.3 is 4.90 Å². The molecule has 0 radical (unpaired) electrons. The molecule has 0 aromatic heterocycles. The van der Waals surface area contributed by atoms with Crippen LogP contribution in [-0.2, 0) is 0 Å². The van der Waals surface area contributed by atoms with E-state index in [4.69, 9.17) is 5.41 Å². The first-order valence-electron chi connectivity index (χ1n) is 3.64. The maximum atomic E-state index is 6.69. The summed E-state index contributed by atoms with van der Waals surface area (Å²) in [6.45, 7) is 0. The smallest absolute Gasteiger partial charge is 0.0918 e. The first-order chi connectivity index (χ1) is 5.74. The molecule has 70 valence electrons. The van der Waals surface area contributed by atoms with Gasteiger partial charge in [-0.15, -0.1) is 12.4 Å². The van der Waals surface area contributed by atoms with Crippen molar-refractivity contribution >= 4 is 29.8 Å². The molecule has 0 amide bonds. The Bertz CT molecular complexity index is 316. The number of hydrogen-bond acceptors (Lipinski definition) is 3. The third kappa shape index (κ3) is 3.28. The standard InChI is InChI=1S/C9H11N3.ClH/c1-12(2)9-5-3-4-8(6-9)11-7-10;/h3-6,10H,1-2H3;1H. The molecule has 0 saturated heterocycles. The van der Waals surface area contributed by atoms with Crippen LogP contribution in [0.3, 0.4) is 0 Å². The summed E-state index contributed by atoms with van der Waals surface area (Å²) in [4.78, 5) is 5.73. The zero-order valence-corrected chi connectivity index (χ0v) is 8.43. The van der Waals surface area contributed by atoms with E-state index in [2.05, 4.69) is 4.99 Å². The molecule has 0 aliphatic heterocycles. The lowest BCUT2D eigenvalue weighted by Crippen LogP contribution is -2.07. The van der Waals surface area contributed by atoms with Gasteiger partial charge in [-0.1, -0.05) is 6.07 Å². The van der Waals surface area contributed by atoms with E-state index in [9.17, 15) is 0 Å². The van der Waals surface area contributed by atoms with Crippen LogP contribution in [0.25, 0.3) is 0 Å². The molecule has 0 fully saturated rings. The Morgan fingerprint density at radius 1 is 1.38 bits per heavy atom. The molecule has 0 aliphatic carbocycles. The maximum Gasteiger partial charge on any atom is 0.0918 e. The molecular formula is C9H12ClN3. The molecule has 0 spiro atoms. The van der Waals surface area contributed by atoms with E-state index >= 15 is 0 Å². The number of benzene rings is 1. The second-order valence-electron chi connectivity index (χ2n) is 2.64. The van der Waals surface area contributed by atoms with Crippen molar-refractivity contribution in [1.82, 2.24) is 0 Å². The fourth-order valence-electron chi connectivity index (χ4n) is 0.905.